The molecule has 0 aromatic carbocycles. The second kappa shape index (κ2) is 7.28. The Labute approximate surface area is 119 Å². The Morgan fingerprint density at radius 2 is 2.05 bits per heavy atom. The minimum absolute atomic E-state index is 0.0720. The molecule has 1 aromatic heterocycles. The third-order valence-electron chi connectivity index (χ3n) is 3.18. The Bertz CT molecular complexity index is 481. The van der Waals surface area contributed by atoms with Crippen molar-refractivity contribution in [3.8, 4) is 5.88 Å². The molecule has 0 amide bonds. The number of aryl methyl sites for hydroxylation is 1. The van der Waals surface area contributed by atoms with Crippen LogP contribution < -0.4 is 15.2 Å². The Hall–Kier alpha value is -1.56. The van der Waals surface area contributed by atoms with Crippen molar-refractivity contribution in [3.63, 3.8) is 0 Å². The minimum Gasteiger partial charge on any atom is -0.475 e. The summed E-state index contributed by atoms with van der Waals surface area (Å²) in [5.74, 6) is 0.557. The molecule has 0 saturated carbocycles. The van der Waals surface area contributed by atoms with Gasteiger partial charge in [-0.25, -0.2) is 4.68 Å². The van der Waals surface area contributed by atoms with Crippen LogP contribution in [0.4, 0.5) is 5.69 Å². The summed E-state index contributed by atoms with van der Waals surface area (Å²) in [6.45, 7) is 8.17. The molecule has 1 fully saturated rings. The zero-order chi connectivity index (χ0) is 14.4. The third kappa shape index (κ3) is 3.50. The van der Waals surface area contributed by atoms with Crippen molar-refractivity contribution in [2.45, 2.75) is 33.2 Å². The van der Waals surface area contributed by atoms with E-state index >= 15 is 0 Å². The number of morpholine rings is 1. The maximum Gasteiger partial charge on any atom is 0.269 e. The summed E-state index contributed by atoms with van der Waals surface area (Å²) >= 11 is 0. The van der Waals surface area contributed by atoms with Gasteiger partial charge >= 0.3 is 0 Å². The van der Waals surface area contributed by atoms with E-state index in [1.54, 1.807) is 6.07 Å². The van der Waals surface area contributed by atoms with Crippen LogP contribution in [-0.4, -0.2) is 42.7 Å². The van der Waals surface area contributed by atoms with Gasteiger partial charge in [-0.05, 0) is 12.8 Å². The predicted molar refractivity (Wildman–Crippen MR) is 77.6 cm³/mol. The molecule has 20 heavy (non-hydrogen) atoms. The predicted octanol–water partition coefficient (Wildman–Crippen LogP) is 1.28. The first kappa shape index (κ1) is 14.8. The largest absolute Gasteiger partial charge is 0.475 e. The van der Waals surface area contributed by atoms with Crippen LogP contribution in [0.2, 0.25) is 0 Å². The molecular weight excluding hydrogens is 258 g/mol. The molecule has 1 aromatic rings. The molecule has 0 N–H and O–H groups in total. The Morgan fingerprint density at radius 3 is 2.70 bits per heavy atom. The van der Waals surface area contributed by atoms with Crippen molar-refractivity contribution >= 4 is 5.69 Å². The van der Waals surface area contributed by atoms with E-state index in [1.807, 2.05) is 6.92 Å². The molecule has 0 atom stereocenters. The van der Waals surface area contributed by atoms with Crippen molar-refractivity contribution in [1.29, 1.82) is 0 Å². The third-order valence-corrected chi connectivity index (χ3v) is 3.18. The lowest BCUT2D eigenvalue weighted by molar-refractivity contribution is 0.122. The highest BCUT2D eigenvalue weighted by atomic mass is 16.5. The van der Waals surface area contributed by atoms with E-state index in [0.717, 1.165) is 31.6 Å². The number of nitrogens with zero attached hydrogens (tertiary/aromatic N) is 3. The first-order valence-electron chi connectivity index (χ1n) is 7.34. The molecular formula is C14H23N3O3. The summed E-state index contributed by atoms with van der Waals surface area (Å²) < 4.78 is 12.6. The fourth-order valence-corrected chi connectivity index (χ4v) is 2.17. The second-order valence-corrected chi connectivity index (χ2v) is 4.84. The summed E-state index contributed by atoms with van der Waals surface area (Å²) in [4.78, 5) is 14.2. The maximum atomic E-state index is 12.1. The SMILES string of the molecule is CCCOc1nn(CCC)c(=O)cc1N1CCOCC1. The molecule has 0 spiro atoms. The topological polar surface area (TPSA) is 56.6 Å². The number of hydrogen-bond donors (Lipinski definition) is 0. The van der Waals surface area contributed by atoms with Crippen LogP contribution >= 0.6 is 0 Å². The fraction of sp³-hybridized carbons (Fsp3) is 0.714. The van der Waals surface area contributed by atoms with Crippen LogP contribution in [-0.2, 0) is 11.3 Å². The van der Waals surface area contributed by atoms with Crippen molar-refractivity contribution < 1.29 is 9.47 Å². The van der Waals surface area contributed by atoms with Gasteiger partial charge in [0.1, 0.15) is 5.69 Å². The molecule has 1 aliphatic rings. The molecule has 1 aliphatic heterocycles. The lowest BCUT2D eigenvalue weighted by Crippen LogP contribution is -2.38. The van der Waals surface area contributed by atoms with E-state index in [-0.39, 0.29) is 5.56 Å². The maximum absolute atomic E-state index is 12.1. The summed E-state index contributed by atoms with van der Waals surface area (Å²) in [5, 5.41) is 4.37. The lowest BCUT2D eigenvalue weighted by atomic mass is 10.3. The Kier molecular flexibility index (Phi) is 5.40. The van der Waals surface area contributed by atoms with E-state index in [4.69, 9.17) is 9.47 Å². The van der Waals surface area contributed by atoms with Crippen molar-refractivity contribution in [2.24, 2.45) is 0 Å². The summed E-state index contributed by atoms with van der Waals surface area (Å²) in [6, 6.07) is 1.64. The molecule has 0 bridgehead atoms. The van der Waals surface area contributed by atoms with Gasteiger partial charge in [0, 0.05) is 25.7 Å². The van der Waals surface area contributed by atoms with Crippen LogP contribution in [0.3, 0.4) is 0 Å². The number of ether oxygens (including phenoxy) is 2. The molecule has 0 radical (unpaired) electrons. The van der Waals surface area contributed by atoms with Gasteiger partial charge < -0.3 is 14.4 Å². The highest BCUT2D eigenvalue weighted by molar-refractivity contribution is 5.54. The molecule has 0 unspecified atom stereocenters. The fourth-order valence-electron chi connectivity index (χ4n) is 2.17. The van der Waals surface area contributed by atoms with Gasteiger partial charge in [-0.2, -0.15) is 0 Å². The number of rotatable bonds is 6. The van der Waals surface area contributed by atoms with Crippen molar-refractivity contribution in [2.75, 3.05) is 37.8 Å². The second-order valence-electron chi connectivity index (χ2n) is 4.84. The first-order valence-corrected chi connectivity index (χ1v) is 7.34. The van der Waals surface area contributed by atoms with Gasteiger partial charge in [0.05, 0.1) is 19.8 Å². The smallest absolute Gasteiger partial charge is 0.269 e. The Morgan fingerprint density at radius 1 is 1.30 bits per heavy atom. The van der Waals surface area contributed by atoms with Crippen LogP contribution in [0.1, 0.15) is 26.7 Å². The molecule has 6 heteroatoms. The molecule has 6 nitrogen and oxygen atoms in total. The van der Waals surface area contributed by atoms with Crippen molar-refractivity contribution in [3.05, 3.63) is 16.4 Å². The van der Waals surface area contributed by atoms with E-state index in [2.05, 4.69) is 16.9 Å². The van der Waals surface area contributed by atoms with E-state index in [0.29, 0.717) is 32.2 Å². The lowest BCUT2D eigenvalue weighted by Gasteiger charge is -2.29. The van der Waals surface area contributed by atoms with Gasteiger partial charge in [0.2, 0.25) is 0 Å². The van der Waals surface area contributed by atoms with Crippen molar-refractivity contribution in [1.82, 2.24) is 9.78 Å². The van der Waals surface area contributed by atoms with E-state index in [9.17, 15) is 4.79 Å². The molecule has 0 aliphatic carbocycles. The summed E-state index contributed by atoms with van der Waals surface area (Å²) in [7, 11) is 0. The summed E-state index contributed by atoms with van der Waals surface area (Å²) in [5.41, 5.74) is 0.719. The van der Waals surface area contributed by atoms with Gasteiger partial charge in [0.25, 0.3) is 11.4 Å². The van der Waals surface area contributed by atoms with Gasteiger partial charge in [-0.1, -0.05) is 13.8 Å². The average Bonchev–Trinajstić information content (AvgIpc) is 2.48. The zero-order valence-corrected chi connectivity index (χ0v) is 12.3. The number of anilines is 1. The zero-order valence-electron chi connectivity index (χ0n) is 12.3. The van der Waals surface area contributed by atoms with Crippen LogP contribution in [0, 0.1) is 0 Å². The Balaban J connectivity index is 2.31. The first-order chi connectivity index (χ1) is 9.76. The minimum atomic E-state index is -0.0720. The van der Waals surface area contributed by atoms with E-state index in [1.165, 1.54) is 4.68 Å². The normalized spacial score (nSPS) is 15.4. The molecule has 1 saturated heterocycles. The van der Waals surface area contributed by atoms with Gasteiger partial charge in [0.15, 0.2) is 0 Å². The highest BCUT2D eigenvalue weighted by Crippen LogP contribution is 2.24. The molecule has 2 rings (SSSR count). The van der Waals surface area contributed by atoms with E-state index < -0.39 is 0 Å². The quantitative estimate of drug-likeness (QED) is 0.786. The molecule has 112 valence electrons. The monoisotopic (exact) mass is 281 g/mol. The molecule has 2 heterocycles. The van der Waals surface area contributed by atoms with Crippen LogP contribution in [0.5, 0.6) is 5.88 Å². The highest BCUT2D eigenvalue weighted by Gasteiger charge is 2.18. The van der Waals surface area contributed by atoms with Gasteiger partial charge in [-0.15, -0.1) is 5.10 Å². The van der Waals surface area contributed by atoms with Crippen LogP contribution in [0.15, 0.2) is 10.9 Å². The average molecular weight is 281 g/mol. The number of aromatic nitrogens is 2. The standard InChI is InChI=1S/C14H23N3O3/c1-3-5-17-13(18)11-12(14(15-17)20-8-4-2)16-6-9-19-10-7-16/h11H,3-10H2,1-2H3. The summed E-state index contributed by atoms with van der Waals surface area (Å²) in [6.07, 6.45) is 1.79. The van der Waals surface area contributed by atoms with Crippen LogP contribution in [0.25, 0.3) is 0 Å². The number of hydrogen-bond acceptors (Lipinski definition) is 5. The van der Waals surface area contributed by atoms with Gasteiger partial charge in [-0.3, -0.25) is 4.79 Å².